The number of Topliss-reactive ketones (excluding diaryl/α,β-unsaturated/α-hetero) is 1. The third kappa shape index (κ3) is 5.66. The number of benzene rings is 1. The molecule has 2 N–H and O–H groups in total. The maximum atomic E-state index is 12.6. The van der Waals surface area contributed by atoms with Crippen LogP contribution in [0.25, 0.3) is 5.69 Å². The smallest absolute Gasteiger partial charge is 0.387 e. The Kier molecular flexibility index (Phi) is 7.01. The number of alkyl halides is 2. The Morgan fingerprint density at radius 2 is 1.97 bits per heavy atom. The van der Waals surface area contributed by atoms with Crippen LogP contribution in [0.4, 0.5) is 8.78 Å². The molecule has 0 amide bonds. The highest BCUT2D eigenvalue weighted by atomic mass is 32.1. The van der Waals surface area contributed by atoms with Gasteiger partial charge in [0, 0.05) is 28.0 Å². The van der Waals surface area contributed by atoms with E-state index in [1.807, 2.05) is 23.8 Å². The lowest BCUT2D eigenvalue weighted by molar-refractivity contribution is -0.0498. The monoisotopic (exact) mass is 448 g/mol. The predicted octanol–water partition coefficient (Wildman–Crippen LogP) is 4.17. The molecule has 0 atom stereocenters. The summed E-state index contributed by atoms with van der Waals surface area (Å²) in [4.78, 5) is 22.1. The second-order valence-corrected chi connectivity index (χ2v) is 7.87. The Hall–Kier alpha value is -3.27. The molecule has 0 bridgehead atoms. The number of hydrogen-bond acceptors (Lipinski definition) is 6. The molecule has 0 saturated carbocycles. The maximum absolute atomic E-state index is 12.6. The molecule has 0 saturated heterocycles. The van der Waals surface area contributed by atoms with Gasteiger partial charge in [0.1, 0.15) is 11.6 Å². The Labute approximate surface area is 182 Å². The van der Waals surface area contributed by atoms with Crippen molar-refractivity contribution in [2.45, 2.75) is 33.8 Å². The number of ether oxygens (including phenoxy) is 1. The molecule has 31 heavy (non-hydrogen) atoms. The number of halogens is 2. The van der Waals surface area contributed by atoms with Crippen LogP contribution < -0.4 is 10.5 Å². The number of thiazole rings is 1. The zero-order valence-corrected chi connectivity index (χ0v) is 18.1. The zero-order valence-electron chi connectivity index (χ0n) is 17.3. The number of nitrogens with zero attached hydrogens (tertiary/aromatic N) is 3. The molecule has 0 unspecified atom stereocenters. The van der Waals surface area contributed by atoms with Crippen LogP contribution in [0.1, 0.15) is 32.4 Å². The standard InChI is InChI=1S/C21H22F2N4O3S/c1-12-8-18(13(2)27(12)16-4-6-17(7-5-16)30-21(22)23)19(28)10-29-26-20(24)9-15-11-31-14(3)25-15/h4-8,11,21H,9-10H2,1-3H3,(H2,24,26). The topological polar surface area (TPSA) is 91.7 Å². The van der Waals surface area contributed by atoms with Crippen molar-refractivity contribution in [2.75, 3.05) is 6.61 Å². The van der Waals surface area contributed by atoms with E-state index in [0.717, 1.165) is 22.1 Å². The van der Waals surface area contributed by atoms with Crippen molar-refractivity contribution in [1.29, 1.82) is 0 Å². The van der Waals surface area contributed by atoms with Crippen LogP contribution in [0.5, 0.6) is 5.75 Å². The van der Waals surface area contributed by atoms with Gasteiger partial charge >= 0.3 is 6.61 Å². The minimum atomic E-state index is -2.88. The molecule has 3 rings (SSSR count). The molecule has 2 aromatic heterocycles. The molecule has 2 heterocycles. The summed E-state index contributed by atoms with van der Waals surface area (Å²) < 4.78 is 30.9. The van der Waals surface area contributed by atoms with Gasteiger partial charge in [-0.25, -0.2) is 4.98 Å². The van der Waals surface area contributed by atoms with Crippen molar-refractivity contribution in [3.05, 3.63) is 63.4 Å². The van der Waals surface area contributed by atoms with Gasteiger partial charge in [-0.3, -0.25) is 4.79 Å². The quantitative estimate of drug-likeness (QED) is 0.230. The highest BCUT2D eigenvalue weighted by Crippen LogP contribution is 2.24. The van der Waals surface area contributed by atoms with Gasteiger partial charge in [0.2, 0.25) is 5.78 Å². The minimum absolute atomic E-state index is 0.0641. The fraction of sp³-hybridized carbons (Fsp3) is 0.286. The molecule has 0 aliphatic heterocycles. The summed E-state index contributed by atoms with van der Waals surface area (Å²) in [6.45, 7) is 2.40. The van der Waals surface area contributed by atoms with Crippen molar-refractivity contribution < 1.29 is 23.1 Å². The summed E-state index contributed by atoms with van der Waals surface area (Å²) in [6.07, 6.45) is 0.346. The largest absolute Gasteiger partial charge is 0.435 e. The summed E-state index contributed by atoms with van der Waals surface area (Å²) in [5, 5.41) is 6.63. The molecule has 0 fully saturated rings. The van der Waals surface area contributed by atoms with Gasteiger partial charge in [-0.2, -0.15) is 8.78 Å². The number of amidine groups is 1. The van der Waals surface area contributed by atoms with E-state index in [1.165, 1.54) is 23.5 Å². The molecule has 3 aromatic rings. The summed E-state index contributed by atoms with van der Waals surface area (Å²) >= 11 is 1.52. The van der Waals surface area contributed by atoms with Crippen LogP contribution >= 0.6 is 11.3 Å². The van der Waals surface area contributed by atoms with Crippen molar-refractivity contribution in [1.82, 2.24) is 9.55 Å². The van der Waals surface area contributed by atoms with Crippen LogP contribution in [0, 0.1) is 20.8 Å². The van der Waals surface area contributed by atoms with Crippen molar-refractivity contribution in [2.24, 2.45) is 10.9 Å². The van der Waals surface area contributed by atoms with Gasteiger partial charge in [-0.1, -0.05) is 5.16 Å². The van der Waals surface area contributed by atoms with Crippen LogP contribution in [0.3, 0.4) is 0 Å². The first kappa shape index (κ1) is 22.4. The van der Waals surface area contributed by atoms with Gasteiger partial charge < -0.3 is 19.9 Å². The first-order valence-electron chi connectivity index (χ1n) is 9.37. The van der Waals surface area contributed by atoms with E-state index >= 15 is 0 Å². The maximum Gasteiger partial charge on any atom is 0.387 e. The van der Waals surface area contributed by atoms with Crippen LogP contribution in [0.15, 0.2) is 40.9 Å². The fourth-order valence-corrected chi connectivity index (χ4v) is 3.79. The van der Waals surface area contributed by atoms with Gasteiger partial charge in [0.15, 0.2) is 6.61 Å². The predicted molar refractivity (Wildman–Crippen MR) is 114 cm³/mol. The third-order valence-corrected chi connectivity index (χ3v) is 5.28. The normalized spacial score (nSPS) is 11.7. The number of aromatic nitrogens is 2. The number of hydrogen-bond donors (Lipinski definition) is 1. The van der Waals surface area contributed by atoms with Crippen LogP contribution in [-0.4, -0.2) is 34.4 Å². The second-order valence-electron chi connectivity index (χ2n) is 6.81. The molecule has 10 heteroatoms. The Morgan fingerprint density at radius 3 is 2.58 bits per heavy atom. The summed E-state index contributed by atoms with van der Waals surface area (Å²) in [6, 6.07) is 7.94. The SMILES string of the molecule is Cc1nc(CC(N)=NOCC(=O)c2cc(C)n(-c3ccc(OC(F)F)cc3)c2C)cs1. The van der Waals surface area contributed by atoms with E-state index in [-0.39, 0.29) is 24.0 Å². The van der Waals surface area contributed by atoms with E-state index in [9.17, 15) is 13.6 Å². The van der Waals surface area contributed by atoms with E-state index < -0.39 is 6.61 Å². The molecule has 7 nitrogen and oxygen atoms in total. The Balaban J connectivity index is 1.66. The van der Waals surface area contributed by atoms with E-state index in [4.69, 9.17) is 10.6 Å². The zero-order chi connectivity index (χ0) is 22.5. The van der Waals surface area contributed by atoms with Crippen LogP contribution in [0.2, 0.25) is 0 Å². The number of nitrogens with two attached hydrogens (primary N) is 1. The third-order valence-electron chi connectivity index (χ3n) is 4.46. The number of aryl methyl sites for hydroxylation is 2. The number of carbonyl (C=O) groups is 1. The van der Waals surface area contributed by atoms with Crippen molar-refractivity contribution >= 4 is 23.0 Å². The average molecular weight is 448 g/mol. The molecule has 0 aliphatic carbocycles. The van der Waals surface area contributed by atoms with Gasteiger partial charge in [-0.05, 0) is 51.1 Å². The van der Waals surface area contributed by atoms with E-state index in [2.05, 4.69) is 14.9 Å². The van der Waals surface area contributed by atoms with Crippen LogP contribution in [-0.2, 0) is 11.3 Å². The molecule has 0 aliphatic rings. The lowest BCUT2D eigenvalue weighted by atomic mass is 10.1. The molecule has 0 radical (unpaired) electrons. The Bertz CT molecular complexity index is 1090. The molecular weight excluding hydrogens is 426 g/mol. The summed E-state index contributed by atoms with van der Waals surface area (Å²) in [5.74, 6) is 0.0434. The summed E-state index contributed by atoms with van der Waals surface area (Å²) in [7, 11) is 0. The first-order chi connectivity index (χ1) is 14.7. The molecule has 164 valence electrons. The van der Waals surface area contributed by atoms with Crippen molar-refractivity contribution in [3.63, 3.8) is 0 Å². The van der Waals surface area contributed by atoms with Gasteiger partial charge in [0.05, 0.1) is 17.1 Å². The molecular formula is C21H22F2N4O3S. The average Bonchev–Trinajstić information content (AvgIpc) is 3.24. The highest BCUT2D eigenvalue weighted by Gasteiger charge is 2.17. The van der Waals surface area contributed by atoms with Gasteiger partial charge in [0.25, 0.3) is 0 Å². The number of oxime groups is 1. The molecule has 0 spiro atoms. The second kappa shape index (κ2) is 9.69. The van der Waals surface area contributed by atoms with Crippen molar-refractivity contribution in [3.8, 4) is 11.4 Å². The van der Waals surface area contributed by atoms with E-state index in [0.29, 0.717) is 17.7 Å². The molecule has 1 aromatic carbocycles. The number of carbonyl (C=O) groups excluding carboxylic acids is 1. The lowest BCUT2D eigenvalue weighted by Gasteiger charge is -2.11. The van der Waals surface area contributed by atoms with Gasteiger partial charge in [-0.15, -0.1) is 11.3 Å². The minimum Gasteiger partial charge on any atom is -0.435 e. The van der Waals surface area contributed by atoms with E-state index in [1.54, 1.807) is 25.1 Å². The Morgan fingerprint density at radius 1 is 1.26 bits per heavy atom. The number of ketones is 1. The fourth-order valence-electron chi connectivity index (χ4n) is 3.18. The highest BCUT2D eigenvalue weighted by molar-refractivity contribution is 7.09. The lowest BCUT2D eigenvalue weighted by Crippen LogP contribution is -2.17. The number of rotatable bonds is 9. The summed E-state index contributed by atoms with van der Waals surface area (Å²) in [5.41, 5.74) is 9.34. The first-order valence-corrected chi connectivity index (χ1v) is 10.2.